The number of fused-ring (bicyclic) bond motifs is 1. The number of para-hydroxylation sites is 2. The third kappa shape index (κ3) is 5.04. The summed E-state index contributed by atoms with van der Waals surface area (Å²) >= 11 is 5.97. The lowest BCUT2D eigenvalue weighted by atomic mass is 10.2. The zero-order valence-electron chi connectivity index (χ0n) is 15.9. The number of carbonyl (C=O) groups excluding carboxylic acids is 1. The van der Waals surface area contributed by atoms with Crippen molar-refractivity contribution >= 4 is 33.2 Å². The smallest absolute Gasteiger partial charge is 0.263 e. The average Bonchev–Trinajstić information content (AvgIpc) is 2.69. The molecule has 0 radical (unpaired) electrons. The van der Waals surface area contributed by atoms with Gasteiger partial charge in [0.25, 0.3) is 5.91 Å². The van der Waals surface area contributed by atoms with Gasteiger partial charge in [0.15, 0.2) is 17.6 Å². The van der Waals surface area contributed by atoms with Crippen molar-refractivity contribution in [1.82, 2.24) is 5.32 Å². The van der Waals surface area contributed by atoms with Crippen molar-refractivity contribution in [3.8, 4) is 17.2 Å². The number of sulfonamides is 1. The van der Waals surface area contributed by atoms with E-state index in [1.165, 1.54) is 6.07 Å². The third-order valence-electron chi connectivity index (χ3n) is 4.21. The molecule has 29 heavy (non-hydrogen) atoms. The third-order valence-corrected chi connectivity index (χ3v) is 5.59. The predicted molar refractivity (Wildman–Crippen MR) is 110 cm³/mol. The first kappa shape index (κ1) is 21.1. The number of methoxy groups -OCH3 is 1. The largest absolute Gasteiger partial charge is 0.493 e. The summed E-state index contributed by atoms with van der Waals surface area (Å²) in [5.74, 6) is 0.986. The molecule has 0 aromatic heterocycles. The van der Waals surface area contributed by atoms with Gasteiger partial charge in [0.2, 0.25) is 10.0 Å². The fraction of sp³-hybridized carbons (Fsp3) is 0.316. The van der Waals surface area contributed by atoms with Crippen LogP contribution in [-0.4, -0.2) is 53.5 Å². The molecule has 0 fully saturated rings. The van der Waals surface area contributed by atoms with E-state index in [1.54, 1.807) is 31.4 Å². The summed E-state index contributed by atoms with van der Waals surface area (Å²) in [6.45, 7) is 0.273. The number of nitrogens with zero attached hydrogens (tertiary/aromatic N) is 1. The van der Waals surface area contributed by atoms with Crippen LogP contribution in [0.15, 0.2) is 42.5 Å². The maximum atomic E-state index is 12.5. The van der Waals surface area contributed by atoms with Gasteiger partial charge >= 0.3 is 0 Å². The molecular formula is C19H21ClN2O6S. The molecule has 0 spiro atoms. The van der Waals surface area contributed by atoms with Crippen molar-refractivity contribution in [2.75, 3.05) is 37.4 Å². The Kier molecular flexibility index (Phi) is 6.39. The molecule has 2 aromatic carbocycles. The Morgan fingerprint density at radius 2 is 2.00 bits per heavy atom. The van der Waals surface area contributed by atoms with Crippen LogP contribution in [0, 0.1) is 0 Å². The summed E-state index contributed by atoms with van der Waals surface area (Å²) in [5.41, 5.74) is 0.309. The van der Waals surface area contributed by atoms with Gasteiger partial charge in [-0.3, -0.25) is 9.10 Å². The molecule has 8 nitrogen and oxygen atoms in total. The minimum atomic E-state index is -3.62. The lowest BCUT2D eigenvalue weighted by molar-refractivity contribution is -0.127. The second kappa shape index (κ2) is 8.79. The van der Waals surface area contributed by atoms with Gasteiger partial charge in [-0.05, 0) is 30.3 Å². The number of carbonyl (C=O) groups is 1. The highest BCUT2D eigenvalue weighted by atomic mass is 35.5. The Labute approximate surface area is 174 Å². The molecule has 1 heterocycles. The van der Waals surface area contributed by atoms with Crippen LogP contribution in [0.25, 0.3) is 0 Å². The monoisotopic (exact) mass is 440 g/mol. The van der Waals surface area contributed by atoms with Crippen molar-refractivity contribution in [3.05, 3.63) is 47.5 Å². The van der Waals surface area contributed by atoms with Gasteiger partial charge in [-0.2, -0.15) is 0 Å². The van der Waals surface area contributed by atoms with Gasteiger partial charge in [-0.25, -0.2) is 8.42 Å². The van der Waals surface area contributed by atoms with Crippen molar-refractivity contribution in [2.24, 2.45) is 0 Å². The van der Waals surface area contributed by atoms with Gasteiger partial charge in [0, 0.05) is 5.02 Å². The molecule has 0 bridgehead atoms. The van der Waals surface area contributed by atoms with Crippen molar-refractivity contribution in [1.29, 1.82) is 0 Å². The quantitative estimate of drug-likeness (QED) is 0.662. The van der Waals surface area contributed by atoms with Gasteiger partial charge < -0.3 is 19.5 Å². The van der Waals surface area contributed by atoms with Gasteiger partial charge in [0.1, 0.15) is 12.4 Å². The van der Waals surface area contributed by atoms with E-state index in [4.69, 9.17) is 25.8 Å². The summed E-state index contributed by atoms with van der Waals surface area (Å²) in [5, 5.41) is 3.07. The summed E-state index contributed by atoms with van der Waals surface area (Å²) in [7, 11) is -2.07. The number of anilines is 1. The molecule has 1 aliphatic heterocycles. The van der Waals surface area contributed by atoms with Crippen LogP contribution in [-0.2, 0) is 14.8 Å². The molecule has 1 aliphatic rings. The number of nitrogens with one attached hydrogen (secondary N) is 1. The number of benzene rings is 2. The fourth-order valence-corrected chi connectivity index (χ4v) is 3.93. The van der Waals surface area contributed by atoms with E-state index in [9.17, 15) is 13.2 Å². The molecule has 0 aliphatic carbocycles. The Balaban J connectivity index is 1.62. The SMILES string of the molecule is COc1ccccc1OCCNC(=O)C1CN(S(C)(=O)=O)c2cc(Cl)ccc2O1. The first-order valence-corrected chi connectivity index (χ1v) is 11.0. The first-order valence-electron chi connectivity index (χ1n) is 8.77. The average molecular weight is 441 g/mol. The van der Waals surface area contributed by atoms with Crippen LogP contribution in [0.5, 0.6) is 17.2 Å². The molecule has 2 aromatic rings. The Bertz CT molecular complexity index is 998. The number of amides is 1. The fourth-order valence-electron chi connectivity index (χ4n) is 2.86. The molecule has 1 amide bonds. The molecule has 0 saturated heterocycles. The molecule has 1 atom stereocenters. The molecule has 1 N–H and O–H groups in total. The number of ether oxygens (including phenoxy) is 3. The van der Waals surface area contributed by atoms with Gasteiger partial charge in [-0.15, -0.1) is 0 Å². The van der Waals surface area contributed by atoms with Crippen LogP contribution < -0.4 is 23.8 Å². The zero-order valence-corrected chi connectivity index (χ0v) is 17.5. The van der Waals surface area contributed by atoms with E-state index in [0.717, 1.165) is 10.6 Å². The van der Waals surface area contributed by atoms with E-state index >= 15 is 0 Å². The van der Waals surface area contributed by atoms with Crippen LogP contribution in [0.4, 0.5) is 5.69 Å². The Morgan fingerprint density at radius 1 is 1.28 bits per heavy atom. The summed E-state index contributed by atoms with van der Waals surface area (Å²) in [4.78, 5) is 12.5. The standard InChI is InChI=1S/C19H21ClN2O6S/c1-26-16-5-3-4-6-17(16)27-10-9-21-19(23)18-12-22(29(2,24)25)14-11-13(20)7-8-15(14)28-18/h3-8,11,18H,9-10,12H2,1-2H3,(H,21,23). The topological polar surface area (TPSA) is 94.2 Å². The van der Waals surface area contributed by atoms with Crippen LogP contribution in [0.2, 0.25) is 5.02 Å². The Morgan fingerprint density at radius 3 is 2.69 bits per heavy atom. The number of hydrogen-bond acceptors (Lipinski definition) is 6. The van der Waals surface area contributed by atoms with Crippen molar-refractivity contribution in [3.63, 3.8) is 0 Å². The van der Waals surface area contributed by atoms with E-state index in [0.29, 0.717) is 22.2 Å². The van der Waals surface area contributed by atoms with Crippen molar-refractivity contribution in [2.45, 2.75) is 6.10 Å². The second-order valence-electron chi connectivity index (χ2n) is 6.30. The van der Waals surface area contributed by atoms with E-state index in [2.05, 4.69) is 5.32 Å². The van der Waals surface area contributed by atoms with E-state index < -0.39 is 22.0 Å². The van der Waals surface area contributed by atoms with Crippen LogP contribution in [0.1, 0.15) is 0 Å². The normalized spacial score (nSPS) is 15.8. The summed E-state index contributed by atoms with van der Waals surface area (Å²) < 4.78 is 42.0. The highest BCUT2D eigenvalue weighted by Crippen LogP contribution is 2.37. The van der Waals surface area contributed by atoms with Gasteiger partial charge in [-0.1, -0.05) is 23.7 Å². The number of hydrogen-bond donors (Lipinski definition) is 1. The minimum absolute atomic E-state index is 0.147. The number of halogens is 1. The molecule has 0 saturated carbocycles. The maximum Gasteiger partial charge on any atom is 0.263 e. The predicted octanol–water partition coefficient (Wildman–Crippen LogP) is 2.07. The molecule has 1 unspecified atom stereocenters. The van der Waals surface area contributed by atoms with Crippen molar-refractivity contribution < 1.29 is 27.4 Å². The lowest BCUT2D eigenvalue weighted by Crippen LogP contribution is -2.51. The highest BCUT2D eigenvalue weighted by Gasteiger charge is 2.35. The zero-order chi connectivity index (χ0) is 21.0. The molecule has 10 heteroatoms. The first-order chi connectivity index (χ1) is 13.8. The molecular weight excluding hydrogens is 420 g/mol. The number of rotatable bonds is 7. The van der Waals surface area contributed by atoms with E-state index in [-0.39, 0.29) is 25.4 Å². The Hall–Kier alpha value is -2.65. The maximum absolute atomic E-state index is 12.5. The summed E-state index contributed by atoms with van der Waals surface area (Å²) in [6, 6.07) is 11.8. The lowest BCUT2D eigenvalue weighted by Gasteiger charge is -2.34. The van der Waals surface area contributed by atoms with Crippen LogP contribution in [0.3, 0.4) is 0 Å². The highest BCUT2D eigenvalue weighted by molar-refractivity contribution is 7.92. The molecule has 3 rings (SSSR count). The summed E-state index contributed by atoms with van der Waals surface area (Å²) in [6.07, 6.45) is 0.0728. The second-order valence-corrected chi connectivity index (χ2v) is 8.65. The minimum Gasteiger partial charge on any atom is -0.493 e. The van der Waals surface area contributed by atoms with Gasteiger partial charge in [0.05, 0.1) is 32.1 Å². The molecule has 156 valence electrons. The van der Waals surface area contributed by atoms with E-state index in [1.807, 2.05) is 12.1 Å². The van der Waals surface area contributed by atoms with Crippen LogP contribution >= 0.6 is 11.6 Å².